The van der Waals surface area contributed by atoms with Crippen LogP contribution in [0.15, 0.2) is 58.4 Å². The number of guanidine groups is 1. The van der Waals surface area contributed by atoms with Gasteiger partial charge in [-0.05, 0) is 30.7 Å². The van der Waals surface area contributed by atoms with Crippen molar-refractivity contribution in [2.75, 3.05) is 34.8 Å². The van der Waals surface area contributed by atoms with Gasteiger partial charge in [0.15, 0.2) is 17.5 Å². The first-order chi connectivity index (χ1) is 14.3. The van der Waals surface area contributed by atoms with Crippen LogP contribution in [0.25, 0.3) is 0 Å². The van der Waals surface area contributed by atoms with Crippen molar-refractivity contribution < 1.29 is 17.9 Å². The van der Waals surface area contributed by atoms with Crippen LogP contribution in [0, 0.1) is 0 Å². The molecule has 0 saturated carbocycles. The lowest BCUT2D eigenvalue weighted by molar-refractivity contribution is 0.213. The molecule has 0 fully saturated rings. The normalized spacial score (nSPS) is 12.6. The van der Waals surface area contributed by atoms with E-state index in [0.717, 1.165) is 0 Å². The lowest BCUT2D eigenvalue weighted by atomic mass is 10.2. The third kappa shape index (κ3) is 7.54. The number of aliphatic imine (C=N–C) groups is 1. The molecule has 0 aliphatic carbocycles. The first-order valence-electron chi connectivity index (χ1n) is 9.54. The van der Waals surface area contributed by atoms with Crippen molar-refractivity contribution in [3.63, 3.8) is 0 Å². The zero-order chi connectivity index (χ0) is 22.1. The average molecular weight is 562 g/mol. The molecular weight excluding hydrogens is 531 g/mol. The summed E-state index contributed by atoms with van der Waals surface area (Å²) in [6.07, 6.45) is -0.152. The van der Waals surface area contributed by atoms with Crippen molar-refractivity contribution in [1.82, 2.24) is 14.9 Å². The highest BCUT2D eigenvalue weighted by atomic mass is 127. The standard InChI is InChI=1S/C21H30N4O4S.HI/c1-16(29-19-12-8-7-11-18(19)28-5)14-23-21(22-2)24-15-17-10-6-9-13-20(17)30(26,27)25(3)4;/h6-13,16H,14-15H2,1-5H3,(H2,22,23,24);1H. The van der Waals surface area contributed by atoms with E-state index in [-0.39, 0.29) is 35.0 Å². The van der Waals surface area contributed by atoms with Gasteiger partial charge in [0.25, 0.3) is 0 Å². The molecule has 1 atom stereocenters. The van der Waals surface area contributed by atoms with Gasteiger partial charge in [0, 0.05) is 27.7 Å². The Morgan fingerprint density at radius 1 is 1.06 bits per heavy atom. The van der Waals surface area contributed by atoms with Crippen molar-refractivity contribution in [2.45, 2.75) is 24.5 Å². The molecule has 8 nitrogen and oxygen atoms in total. The molecular formula is C21H31IN4O4S. The zero-order valence-corrected chi connectivity index (χ0v) is 21.6. The molecule has 0 radical (unpaired) electrons. The van der Waals surface area contributed by atoms with Gasteiger partial charge in [0.1, 0.15) is 6.10 Å². The SMILES string of the molecule is CN=C(NCc1ccccc1S(=O)(=O)N(C)C)NCC(C)Oc1ccccc1OC.I. The largest absolute Gasteiger partial charge is 0.493 e. The molecule has 2 rings (SSSR count). The molecule has 0 heterocycles. The molecule has 172 valence electrons. The first-order valence-corrected chi connectivity index (χ1v) is 11.0. The van der Waals surface area contributed by atoms with E-state index in [4.69, 9.17) is 9.47 Å². The summed E-state index contributed by atoms with van der Waals surface area (Å²) in [4.78, 5) is 4.47. The lowest BCUT2D eigenvalue weighted by Crippen LogP contribution is -2.41. The van der Waals surface area contributed by atoms with E-state index >= 15 is 0 Å². The van der Waals surface area contributed by atoms with Gasteiger partial charge in [-0.2, -0.15) is 0 Å². The monoisotopic (exact) mass is 562 g/mol. The number of sulfonamides is 1. The van der Waals surface area contributed by atoms with E-state index in [1.54, 1.807) is 32.4 Å². The number of benzene rings is 2. The number of halogens is 1. The van der Waals surface area contributed by atoms with Gasteiger partial charge >= 0.3 is 0 Å². The zero-order valence-electron chi connectivity index (χ0n) is 18.5. The van der Waals surface area contributed by atoms with E-state index < -0.39 is 10.0 Å². The summed E-state index contributed by atoms with van der Waals surface area (Å²) in [5.74, 6) is 1.88. The van der Waals surface area contributed by atoms with Gasteiger partial charge in [0.2, 0.25) is 10.0 Å². The van der Waals surface area contributed by atoms with Crippen molar-refractivity contribution in [2.24, 2.45) is 4.99 Å². The summed E-state index contributed by atoms with van der Waals surface area (Å²) < 4.78 is 37.5. The van der Waals surface area contributed by atoms with Crippen LogP contribution in [0.5, 0.6) is 11.5 Å². The van der Waals surface area contributed by atoms with Crippen molar-refractivity contribution in [3.8, 4) is 11.5 Å². The summed E-state index contributed by atoms with van der Waals surface area (Å²) in [5.41, 5.74) is 0.660. The number of ether oxygens (including phenoxy) is 2. The fraction of sp³-hybridized carbons (Fsp3) is 0.381. The topological polar surface area (TPSA) is 92.3 Å². The van der Waals surface area contributed by atoms with E-state index in [9.17, 15) is 8.42 Å². The molecule has 0 aliphatic heterocycles. The predicted octanol–water partition coefficient (Wildman–Crippen LogP) is 2.70. The third-order valence-corrected chi connectivity index (χ3v) is 6.27. The maximum absolute atomic E-state index is 12.5. The molecule has 0 aliphatic rings. The Kier molecular flexibility index (Phi) is 11.1. The number of para-hydroxylation sites is 2. The number of hydrogen-bond donors (Lipinski definition) is 2. The van der Waals surface area contributed by atoms with Crippen LogP contribution < -0.4 is 20.1 Å². The van der Waals surface area contributed by atoms with Gasteiger partial charge in [-0.3, -0.25) is 4.99 Å². The molecule has 0 aromatic heterocycles. The van der Waals surface area contributed by atoms with Crippen LogP contribution in [0.3, 0.4) is 0 Å². The second-order valence-corrected chi connectivity index (χ2v) is 8.90. The van der Waals surface area contributed by atoms with Crippen LogP contribution in [0.1, 0.15) is 12.5 Å². The van der Waals surface area contributed by atoms with E-state index in [1.807, 2.05) is 37.3 Å². The number of nitrogens with zero attached hydrogens (tertiary/aromatic N) is 2. The van der Waals surface area contributed by atoms with Crippen LogP contribution in [-0.4, -0.2) is 59.6 Å². The smallest absolute Gasteiger partial charge is 0.242 e. The predicted molar refractivity (Wildman–Crippen MR) is 134 cm³/mol. The number of rotatable bonds is 9. The Bertz CT molecular complexity index is 967. The quantitative estimate of drug-likeness (QED) is 0.278. The first kappa shape index (κ1) is 27.0. The Hall–Kier alpha value is -2.05. The molecule has 2 aromatic carbocycles. The average Bonchev–Trinajstić information content (AvgIpc) is 2.74. The van der Waals surface area contributed by atoms with Gasteiger partial charge in [0.05, 0.1) is 18.6 Å². The molecule has 0 amide bonds. The van der Waals surface area contributed by atoms with Gasteiger partial charge in [-0.25, -0.2) is 12.7 Å². The summed E-state index contributed by atoms with van der Waals surface area (Å²) >= 11 is 0. The minimum atomic E-state index is -3.53. The number of nitrogens with one attached hydrogen (secondary N) is 2. The summed E-state index contributed by atoms with van der Waals surface area (Å²) in [5, 5.41) is 6.35. The van der Waals surface area contributed by atoms with E-state index in [1.165, 1.54) is 18.4 Å². The number of methoxy groups -OCH3 is 1. The Balaban J connectivity index is 0.00000480. The summed E-state index contributed by atoms with van der Waals surface area (Å²) in [6, 6.07) is 14.4. The third-order valence-electron chi connectivity index (χ3n) is 4.36. The second kappa shape index (κ2) is 12.7. The summed E-state index contributed by atoms with van der Waals surface area (Å²) in [7, 11) is 2.76. The fourth-order valence-corrected chi connectivity index (χ4v) is 3.83. The van der Waals surface area contributed by atoms with Gasteiger partial charge in [-0.1, -0.05) is 30.3 Å². The van der Waals surface area contributed by atoms with Gasteiger partial charge in [-0.15, -0.1) is 24.0 Å². The Morgan fingerprint density at radius 2 is 1.68 bits per heavy atom. The fourth-order valence-electron chi connectivity index (χ4n) is 2.71. The van der Waals surface area contributed by atoms with Crippen LogP contribution in [0.4, 0.5) is 0 Å². The molecule has 31 heavy (non-hydrogen) atoms. The summed E-state index contributed by atoms with van der Waals surface area (Å²) in [6.45, 7) is 2.74. The Morgan fingerprint density at radius 3 is 2.29 bits per heavy atom. The van der Waals surface area contributed by atoms with E-state index in [2.05, 4.69) is 15.6 Å². The van der Waals surface area contributed by atoms with Crippen molar-refractivity contribution in [1.29, 1.82) is 0 Å². The van der Waals surface area contributed by atoms with Crippen LogP contribution in [-0.2, 0) is 16.6 Å². The number of hydrogen-bond acceptors (Lipinski definition) is 5. The molecule has 2 N–H and O–H groups in total. The minimum absolute atomic E-state index is 0. The highest BCUT2D eigenvalue weighted by Gasteiger charge is 2.20. The molecule has 0 spiro atoms. The lowest BCUT2D eigenvalue weighted by Gasteiger charge is -2.20. The maximum Gasteiger partial charge on any atom is 0.242 e. The second-order valence-electron chi connectivity index (χ2n) is 6.78. The van der Waals surface area contributed by atoms with Gasteiger partial charge < -0.3 is 20.1 Å². The molecule has 0 bridgehead atoms. The molecule has 2 aromatic rings. The maximum atomic E-state index is 12.5. The highest BCUT2D eigenvalue weighted by Crippen LogP contribution is 2.26. The molecule has 10 heteroatoms. The minimum Gasteiger partial charge on any atom is -0.493 e. The van der Waals surface area contributed by atoms with Crippen molar-refractivity contribution >= 4 is 40.0 Å². The van der Waals surface area contributed by atoms with Crippen molar-refractivity contribution in [3.05, 3.63) is 54.1 Å². The molecule has 1 unspecified atom stereocenters. The van der Waals surface area contributed by atoms with Crippen LogP contribution >= 0.6 is 24.0 Å². The Labute approximate surface area is 202 Å². The molecule has 0 saturated heterocycles. The van der Waals surface area contributed by atoms with E-state index in [0.29, 0.717) is 36.1 Å². The highest BCUT2D eigenvalue weighted by molar-refractivity contribution is 14.0. The van der Waals surface area contributed by atoms with Crippen LogP contribution in [0.2, 0.25) is 0 Å².